The highest BCUT2D eigenvalue weighted by atomic mass is 16.5. The Morgan fingerprint density at radius 1 is 1.24 bits per heavy atom. The van der Waals surface area contributed by atoms with Crippen LogP contribution in [0.5, 0.6) is 6.01 Å². The van der Waals surface area contributed by atoms with Crippen LogP contribution in [0.3, 0.4) is 0 Å². The molecular weight excluding hydrogens is 268 g/mol. The summed E-state index contributed by atoms with van der Waals surface area (Å²) < 4.78 is 5.43. The zero-order chi connectivity index (χ0) is 15.3. The normalized spacial score (nSPS) is 17.1. The third-order valence-electron chi connectivity index (χ3n) is 4.13. The van der Waals surface area contributed by atoms with Crippen LogP contribution < -0.4 is 15.8 Å². The summed E-state index contributed by atoms with van der Waals surface area (Å²) >= 11 is 0. The average molecular weight is 294 g/mol. The third-order valence-corrected chi connectivity index (χ3v) is 4.13. The third kappa shape index (κ3) is 3.93. The van der Waals surface area contributed by atoms with Crippen molar-refractivity contribution in [1.82, 2.24) is 19.9 Å². The second-order valence-corrected chi connectivity index (χ2v) is 5.83. The highest BCUT2D eigenvalue weighted by Crippen LogP contribution is 2.33. The second-order valence-electron chi connectivity index (χ2n) is 5.83. The molecule has 21 heavy (non-hydrogen) atoms. The minimum Gasteiger partial charge on any atom is -0.463 e. The van der Waals surface area contributed by atoms with Crippen LogP contribution in [0.1, 0.15) is 39.0 Å². The maximum Gasteiger partial charge on any atom is 0.323 e. The van der Waals surface area contributed by atoms with E-state index in [-0.39, 0.29) is 17.5 Å². The molecule has 1 aliphatic carbocycles. The molecule has 7 heteroatoms. The molecule has 2 rings (SSSR count). The number of aromatic nitrogens is 3. The fraction of sp³-hybridized carbons (Fsp3) is 0.786. The maximum absolute atomic E-state index is 5.71. The van der Waals surface area contributed by atoms with Crippen LogP contribution in [-0.2, 0) is 0 Å². The number of rotatable bonds is 7. The summed E-state index contributed by atoms with van der Waals surface area (Å²) in [5.41, 5.74) is 5.89. The van der Waals surface area contributed by atoms with E-state index >= 15 is 0 Å². The fourth-order valence-electron chi connectivity index (χ4n) is 2.77. The molecule has 0 aromatic carbocycles. The van der Waals surface area contributed by atoms with Crippen LogP contribution in [0.4, 0.5) is 11.9 Å². The number of nitrogens with one attached hydrogen (secondary N) is 1. The second kappa shape index (κ2) is 6.89. The van der Waals surface area contributed by atoms with Crippen LogP contribution >= 0.6 is 0 Å². The minimum atomic E-state index is 0.172. The molecule has 0 bridgehead atoms. The molecule has 1 aromatic rings. The summed E-state index contributed by atoms with van der Waals surface area (Å²) in [6, 6.07) is 0.289. The smallest absolute Gasteiger partial charge is 0.323 e. The van der Waals surface area contributed by atoms with Gasteiger partial charge in [-0.3, -0.25) is 0 Å². The van der Waals surface area contributed by atoms with Gasteiger partial charge in [0.05, 0.1) is 6.61 Å². The van der Waals surface area contributed by atoms with Crippen LogP contribution in [0.25, 0.3) is 0 Å². The summed E-state index contributed by atoms with van der Waals surface area (Å²) in [6.07, 6.45) is 5.81. The molecule has 118 valence electrons. The lowest BCUT2D eigenvalue weighted by Crippen LogP contribution is -2.47. The number of anilines is 2. The van der Waals surface area contributed by atoms with Gasteiger partial charge >= 0.3 is 6.01 Å². The molecular formula is C14H26N6O. The van der Waals surface area contributed by atoms with Crippen molar-refractivity contribution in [3.8, 4) is 6.01 Å². The van der Waals surface area contributed by atoms with Crippen LogP contribution in [0.15, 0.2) is 0 Å². The van der Waals surface area contributed by atoms with Crippen molar-refractivity contribution in [2.24, 2.45) is 0 Å². The first-order valence-electron chi connectivity index (χ1n) is 7.61. The van der Waals surface area contributed by atoms with E-state index in [4.69, 9.17) is 10.5 Å². The molecule has 7 nitrogen and oxygen atoms in total. The lowest BCUT2D eigenvalue weighted by molar-refractivity contribution is 0.172. The Hall–Kier alpha value is -1.63. The van der Waals surface area contributed by atoms with Gasteiger partial charge in [-0.2, -0.15) is 15.0 Å². The fourth-order valence-corrected chi connectivity index (χ4v) is 2.77. The lowest BCUT2D eigenvalue weighted by atomic mass is 9.96. The van der Waals surface area contributed by atoms with Gasteiger partial charge in [0.2, 0.25) is 11.9 Å². The molecule has 1 aliphatic rings. The van der Waals surface area contributed by atoms with Crippen molar-refractivity contribution in [1.29, 1.82) is 0 Å². The Labute approximate surface area is 126 Å². The summed E-state index contributed by atoms with van der Waals surface area (Å²) in [6.45, 7) is 3.41. The van der Waals surface area contributed by atoms with Gasteiger partial charge in [0.15, 0.2) is 0 Å². The summed E-state index contributed by atoms with van der Waals surface area (Å²) in [7, 11) is 4.26. The van der Waals surface area contributed by atoms with E-state index in [0.717, 1.165) is 13.0 Å². The van der Waals surface area contributed by atoms with Crippen molar-refractivity contribution >= 4 is 11.9 Å². The lowest BCUT2D eigenvalue weighted by Gasteiger charge is -2.36. The Bertz CT molecular complexity index is 459. The summed E-state index contributed by atoms with van der Waals surface area (Å²) in [5, 5.41) is 3.30. The van der Waals surface area contributed by atoms with E-state index in [9.17, 15) is 0 Å². The van der Waals surface area contributed by atoms with Crippen LogP contribution in [0, 0.1) is 0 Å². The number of ether oxygens (including phenoxy) is 1. The number of nitrogens with two attached hydrogens (primary N) is 1. The quantitative estimate of drug-likeness (QED) is 0.788. The highest BCUT2D eigenvalue weighted by Gasteiger charge is 2.35. The Kier molecular flexibility index (Phi) is 5.17. The van der Waals surface area contributed by atoms with Gasteiger partial charge in [0.1, 0.15) is 0 Å². The summed E-state index contributed by atoms with van der Waals surface area (Å²) in [4.78, 5) is 14.7. The Morgan fingerprint density at radius 3 is 2.57 bits per heavy atom. The number of hydrogen-bond acceptors (Lipinski definition) is 7. The molecule has 0 atom stereocenters. The number of hydrogen-bond donors (Lipinski definition) is 2. The summed E-state index contributed by atoms with van der Waals surface area (Å²) in [5.74, 6) is 0.672. The SMILES string of the molecule is CCCOc1nc(N)nc(NCC2(N(C)C)CCCC2)n1. The van der Waals surface area contributed by atoms with Crippen molar-refractivity contribution in [3.05, 3.63) is 0 Å². The van der Waals surface area contributed by atoms with Crippen molar-refractivity contribution in [2.45, 2.75) is 44.6 Å². The number of nitrogens with zero attached hydrogens (tertiary/aromatic N) is 4. The molecule has 1 fully saturated rings. The largest absolute Gasteiger partial charge is 0.463 e. The predicted octanol–water partition coefficient (Wildman–Crippen LogP) is 1.53. The van der Waals surface area contributed by atoms with E-state index in [1.165, 1.54) is 25.7 Å². The van der Waals surface area contributed by atoms with Gasteiger partial charge in [-0.15, -0.1) is 0 Å². The van der Waals surface area contributed by atoms with E-state index < -0.39 is 0 Å². The van der Waals surface area contributed by atoms with Crippen molar-refractivity contribution in [2.75, 3.05) is 38.3 Å². The average Bonchev–Trinajstić information content (AvgIpc) is 2.93. The van der Waals surface area contributed by atoms with E-state index in [1.807, 2.05) is 6.92 Å². The monoisotopic (exact) mass is 294 g/mol. The Balaban J connectivity index is 2.03. The minimum absolute atomic E-state index is 0.172. The molecule has 0 spiro atoms. The molecule has 0 saturated heterocycles. The first-order valence-corrected chi connectivity index (χ1v) is 7.61. The zero-order valence-corrected chi connectivity index (χ0v) is 13.2. The van der Waals surface area contributed by atoms with Crippen molar-refractivity contribution < 1.29 is 4.74 Å². The van der Waals surface area contributed by atoms with Gasteiger partial charge in [0.25, 0.3) is 0 Å². The predicted molar refractivity (Wildman–Crippen MR) is 83.4 cm³/mol. The van der Waals surface area contributed by atoms with Gasteiger partial charge < -0.3 is 20.7 Å². The number of likely N-dealkylation sites (N-methyl/N-ethyl adjacent to an activating group) is 1. The van der Waals surface area contributed by atoms with E-state index in [1.54, 1.807) is 0 Å². The molecule has 0 unspecified atom stereocenters. The van der Waals surface area contributed by atoms with Gasteiger partial charge in [-0.25, -0.2) is 0 Å². The first kappa shape index (κ1) is 15.8. The maximum atomic E-state index is 5.71. The zero-order valence-electron chi connectivity index (χ0n) is 13.2. The standard InChI is InChI=1S/C14H26N6O/c1-4-9-21-13-18-11(15)17-12(19-13)16-10-14(20(2)3)7-5-6-8-14/h4-10H2,1-3H3,(H3,15,16,17,18,19). The van der Waals surface area contributed by atoms with Gasteiger partial charge in [-0.05, 0) is 33.4 Å². The van der Waals surface area contributed by atoms with E-state index in [0.29, 0.717) is 12.6 Å². The first-order chi connectivity index (χ1) is 10.1. The topological polar surface area (TPSA) is 89.2 Å². The molecule has 1 aromatic heterocycles. The number of nitrogen functional groups attached to an aromatic ring is 1. The molecule has 3 N–H and O–H groups in total. The van der Waals surface area contributed by atoms with Crippen LogP contribution in [0.2, 0.25) is 0 Å². The molecule has 0 radical (unpaired) electrons. The molecule has 0 aliphatic heterocycles. The van der Waals surface area contributed by atoms with Crippen LogP contribution in [-0.4, -0.2) is 52.6 Å². The molecule has 1 heterocycles. The van der Waals surface area contributed by atoms with Crippen molar-refractivity contribution in [3.63, 3.8) is 0 Å². The van der Waals surface area contributed by atoms with E-state index in [2.05, 4.69) is 39.3 Å². The Morgan fingerprint density at radius 2 is 1.95 bits per heavy atom. The van der Waals surface area contributed by atoms with Gasteiger partial charge in [0, 0.05) is 12.1 Å². The van der Waals surface area contributed by atoms with Gasteiger partial charge in [-0.1, -0.05) is 19.8 Å². The molecule has 0 amide bonds. The molecule has 1 saturated carbocycles. The highest BCUT2D eigenvalue weighted by molar-refractivity contribution is 5.33.